The molecule has 0 amide bonds. The fourth-order valence-corrected chi connectivity index (χ4v) is 2.06. The van der Waals surface area contributed by atoms with Gasteiger partial charge >= 0.3 is 0 Å². The number of nitrogens with zero attached hydrogens (tertiary/aromatic N) is 2. The van der Waals surface area contributed by atoms with Crippen LogP contribution in [-0.4, -0.2) is 75.9 Å². The van der Waals surface area contributed by atoms with Gasteiger partial charge in [0.2, 0.25) is 0 Å². The van der Waals surface area contributed by atoms with Gasteiger partial charge in [0.25, 0.3) is 0 Å². The van der Waals surface area contributed by atoms with Gasteiger partial charge < -0.3 is 19.9 Å². The van der Waals surface area contributed by atoms with Crippen LogP contribution in [0.3, 0.4) is 0 Å². The van der Waals surface area contributed by atoms with Crippen LogP contribution in [0.15, 0.2) is 0 Å². The summed E-state index contributed by atoms with van der Waals surface area (Å²) in [5, 5.41) is 3.44. The van der Waals surface area contributed by atoms with Crippen molar-refractivity contribution in [1.82, 2.24) is 15.1 Å². The lowest BCUT2D eigenvalue weighted by Gasteiger charge is -2.25. The molecule has 1 aliphatic rings. The molecule has 0 unspecified atom stereocenters. The molecule has 0 aromatic carbocycles. The zero-order valence-corrected chi connectivity index (χ0v) is 10.9. The maximum atomic E-state index is 5.12. The molecule has 0 aromatic rings. The molecule has 4 heteroatoms. The Morgan fingerprint density at radius 2 is 2.12 bits per heavy atom. The molecule has 1 fully saturated rings. The predicted molar refractivity (Wildman–Crippen MR) is 67.9 cm³/mol. The number of hydrogen-bond acceptors (Lipinski definition) is 4. The largest absolute Gasteiger partial charge is 0.383 e. The second-order valence-corrected chi connectivity index (χ2v) is 4.37. The third-order valence-corrected chi connectivity index (χ3v) is 3.22. The fraction of sp³-hybridized carbons (Fsp3) is 1.00. The highest BCUT2D eigenvalue weighted by molar-refractivity contribution is 4.67. The smallest absolute Gasteiger partial charge is 0.0589 e. The molecule has 1 N–H and O–H groups in total. The number of ether oxygens (including phenoxy) is 1. The second-order valence-electron chi connectivity index (χ2n) is 4.37. The van der Waals surface area contributed by atoms with Gasteiger partial charge in [-0.2, -0.15) is 0 Å². The molecule has 0 radical (unpaired) electrons. The van der Waals surface area contributed by atoms with Crippen LogP contribution >= 0.6 is 0 Å². The van der Waals surface area contributed by atoms with Crippen molar-refractivity contribution in [3.63, 3.8) is 0 Å². The lowest BCUT2D eigenvalue weighted by Crippen LogP contribution is -2.38. The standard InChI is InChI=1S/C12H27N3O/c1-3-14(11-12-16-2)9-10-15-7-4-5-13-6-8-15/h13H,3-12H2,1-2H3. The summed E-state index contributed by atoms with van der Waals surface area (Å²) in [7, 11) is 1.77. The number of likely N-dealkylation sites (N-methyl/N-ethyl adjacent to an activating group) is 1. The molecule has 0 saturated carbocycles. The van der Waals surface area contributed by atoms with Crippen LogP contribution in [0.5, 0.6) is 0 Å². The van der Waals surface area contributed by atoms with E-state index in [1.807, 2.05) is 0 Å². The Morgan fingerprint density at radius 3 is 2.88 bits per heavy atom. The first kappa shape index (κ1) is 13.9. The number of rotatable bonds is 7. The van der Waals surface area contributed by atoms with E-state index in [1.54, 1.807) is 7.11 Å². The topological polar surface area (TPSA) is 27.7 Å². The van der Waals surface area contributed by atoms with Gasteiger partial charge in [0.1, 0.15) is 0 Å². The van der Waals surface area contributed by atoms with E-state index in [0.29, 0.717) is 0 Å². The van der Waals surface area contributed by atoms with Crippen molar-refractivity contribution in [2.75, 3.05) is 66.1 Å². The van der Waals surface area contributed by atoms with E-state index in [2.05, 4.69) is 22.0 Å². The minimum atomic E-state index is 0.843. The normalized spacial score (nSPS) is 18.9. The zero-order chi connectivity index (χ0) is 11.6. The van der Waals surface area contributed by atoms with Crippen LogP contribution in [-0.2, 0) is 4.74 Å². The molecule has 1 aliphatic heterocycles. The molecule has 16 heavy (non-hydrogen) atoms. The SMILES string of the molecule is CCN(CCOC)CCN1CCCNCC1. The molecule has 0 aromatic heterocycles. The average molecular weight is 229 g/mol. The molecule has 1 saturated heterocycles. The summed E-state index contributed by atoms with van der Waals surface area (Å²) in [6, 6.07) is 0. The van der Waals surface area contributed by atoms with Gasteiger partial charge in [0, 0.05) is 39.8 Å². The van der Waals surface area contributed by atoms with E-state index in [9.17, 15) is 0 Å². The van der Waals surface area contributed by atoms with Crippen LogP contribution in [0.1, 0.15) is 13.3 Å². The van der Waals surface area contributed by atoms with Crippen molar-refractivity contribution < 1.29 is 4.74 Å². The summed E-state index contributed by atoms with van der Waals surface area (Å²) >= 11 is 0. The minimum Gasteiger partial charge on any atom is -0.383 e. The summed E-state index contributed by atoms with van der Waals surface area (Å²) < 4.78 is 5.12. The van der Waals surface area contributed by atoms with Gasteiger partial charge in [-0.15, -0.1) is 0 Å². The summed E-state index contributed by atoms with van der Waals surface area (Å²) in [6.45, 7) is 12.4. The van der Waals surface area contributed by atoms with E-state index < -0.39 is 0 Å². The van der Waals surface area contributed by atoms with Crippen molar-refractivity contribution in [3.05, 3.63) is 0 Å². The Bertz CT molecular complexity index is 158. The lowest BCUT2D eigenvalue weighted by atomic mass is 10.3. The Hall–Kier alpha value is -0.160. The van der Waals surface area contributed by atoms with Gasteiger partial charge in [-0.3, -0.25) is 0 Å². The minimum absolute atomic E-state index is 0.843. The first-order valence-corrected chi connectivity index (χ1v) is 6.51. The van der Waals surface area contributed by atoms with Gasteiger partial charge in [-0.1, -0.05) is 6.92 Å². The van der Waals surface area contributed by atoms with E-state index in [0.717, 1.165) is 26.2 Å². The quantitative estimate of drug-likeness (QED) is 0.677. The molecule has 96 valence electrons. The van der Waals surface area contributed by atoms with E-state index in [4.69, 9.17) is 4.74 Å². The highest BCUT2D eigenvalue weighted by Crippen LogP contribution is 1.96. The predicted octanol–water partition coefficient (Wildman–Crippen LogP) is 0.250. The molecule has 1 heterocycles. The first-order chi connectivity index (χ1) is 7.86. The molecule has 0 bridgehead atoms. The van der Waals surface area contributed by atoms with Gasteiger partial charge in [0.05, 0.1) is 6.61 Å². The van der Waals surface area contributed by atoms with Crippen molar-refractivity contribution in [1.29, 1.82) is 0 Å². The highest BCUT2D eigenvalue weighted by atomic mass is 16.5. The van der Waals surface area contributed by atoms with Crippen molar-refractivity contribution in [3.8, 4) is 0 Å². The van der Waals surface area contributed by atoms with E-state index >= 15 is 0 Å². The Balaban J connectivity index is 2.14. The highest BCUT2D eigenvalue weighted by Gasteiger charge is 2.09. The average Bonchev–Trinajstić information content (AvgIpc) is 2.58. The summed E-state index contributed by atoms with van der Waals surface area (Å²) in [6.07, 6.45) is 1.28. The molecule has 0 spiro atoms. The Kier molecular flexibility index (Phi) is 7.76. The lowest BCUT2D eigenvalue weighted by molar-refractivity contribution is 0.140. The van der Waals surface area contributed by atoms with Gasteiger partial charge in [-0.05, 0) is 26.1 Å². The van der Waals surface area contributed by atoms with Crippen molar-refractivity contribution in [2.45, 2.75) is 13.3 Å². The number of nitrogens with one attached hydrogen (secondary N) is 1. The van der Waals surface area contributed by atoms with Gasteiger partial charge in [0.15, 0.2) is 0 Å². The summed E-state index contributed by atoms with van der Waals surface area (Å²) in [5.41, 5.74) is 0. The Labute approximate surface area is 99.9 Å². The van der Waals surface area contributed by atoms with Crippen LogP contribution in [0.4, 0.5) is 0 Å². The van der Waals surface area contributed by atoms with Crippen molar-refractivity contribution >= 4 is 0 Å². The monoisotopic (exact) mass is 229 g/mol. The van der Waals surface area contributed by atoms with E-state index in [1.165, 1.54) is 39.1 Å². The molecular weight excluding hydrogens is 202 g/mol. The third kappa shape index (κ3) is 5.80. The second kappa shape index (κ2) is 8.93. The van der Waals surface area contributed by atoms with Crippen LogP contribution in [0, 0.1) is 0 Å². The fourth-order valence-electron chi connectivity index (χ4n) is 2.06. The maximum absolute atomic E-state index is 5.12. The third-order valence-electron chi connectivity index (χ3n) is 3.22. The molecular formula is C12H27N3O. The van der Waals surface area contributed by atoms with Gasteiger partial charge in [-0.25, -0.2) is 0 Å². The van der Waals surface area contributed by atoms with Crippen molar-refractivity contribution in [2.24, 2.45) is 0 Å². The van der Waals surface area contributed by atoms with Crippen LogP contribution in [0.2, 0.25) is 0 Å². The molecule has 0 atom stereocenters. The maximum Gasteiger partial charge on any atom is 0.0589 e. The number of hydrogen-bond donors (Lipinski definition) is 1. The van der Waals surface area contributed by atoms with Crippen LogP contribution < -0.4 is 5.32 Å². The molecule has 1 rings (SSSR count). The first-order valence-electron chi connectivity index (χ1n) is 6.51. The number of methoxy groups -OCH3 is 1. The van der Waals surface area contributed by atoms with Crippen LogP contribution in [0.25, 0.3) is 0 Å². The molecule has 4 nitrogen and oxygen atoms in total. The zero-order valence-electron chi connectivity index (χ0n) is 10.9. The Morgan fingerprint density at radius 1 is 1.25 bits per heavy atom. The van der Waals surface area contributed by atoms with E-state index in [-0.39, 0.29) is 0 Å². The summed E-state index contributed by atoms with van der Waals surface area (Å²) in [5.74, 6) is 0. The molecule has 0 aliphatic carbocycles. The summed E-state index contributed by atoms with van der Waals surface area (Å²) in [4.78, 5) is 5.03.